The van der Waals surface area contributed by atoms with Gasteiger partial charge in [-0.2, -0.15) is 0 Å². The Morgan fingerprint density at radius 2 is 1.58 bits per heavy atom. The van der Waals surface area contributed by atoms with Crippen molar-refractivity contribution in [2.24, 2.45) is 0 Å². The van der Waals surface area contributed by atoms with Crippen LogP contribution in [0.5, 0.6) is 5.75 Å². The molecular weight excluding hydrogens is 438 g/mol. The van der Waals surface area contributed by atoms with E-state index in [0.717, 1.165) is 33.9 Å². The second kappa shape index (κ2) is 12.8. The molecule has 182 valence electrons. The minimum absolute atomic E-state index is 0.00501. The summed E-state index contributed by atoms with van der Waals surface area (Å²) in [6, 6.07) is 12.0. The summed E-state index contributed by atoms with van der Waals surface area (Å²) < 4.78 is 25.6. The van der Waals surface area contributed by atoms with Crippen molar-refractivity contribution >= 4 is 16.9 Å². The number of carbonyl (C=O) groups is 1. The highest BCUT2D eigenvalue weighted by atomic mass is 32.2. The van der Waals surface area contributed by atoms with E-state index in [2.05, 4.69) is 17.0 Å². The number of carbonyl (C=O) groups excluding carboxylic acids is 1. The molecule has 8 heteroatoms. The summed E-state index contributed by atoms with van der Waals surface area (Å²) in [4.78, 5) is 17.0. The number of ether oxygens (including phenoxy) is 2. The van der Waals surface area contributed by atoms with Gasteiger partial charge in [0, 0.05) is 33.7 Å². The molecule has 1 unspecified atom stereocenters. The summed E-state index contributed by atoms with van der Waals surface area (Å²) in [5.74, 6) is 0.669. The Morgan fingerprint density at radius 1 is 0.970 bits per heavy atom. The van der Waals surface area contributed by atoms with Gasteiger partial charge >= 0.3 is 0 Å². The maximum absolute atomic E-state index is 13.0. The van der Waals surface area contributed by atoms with Crippen LogP contribution in [0.1, 0.15) is 22.3 Å². The first-order valence-corrected chi connectivity index (χ1v) is 12.1. The van der Waals surface area contributed by atoms with Gasteiger partial charge in [-0.1, -0.05) is 24.3 Å². The minimum atomic E-state index is -1.32. The highest BCUT2D eigenvalue weighted by molar-refractivity contribution is 7.82. The first-order chi connectivity index (χ1) is 15.6. The van der Waals surface area contributed by atoms with Crippen LogP contribution in [0, 0.1) is 13.8 Å². The van der Waals surface area contributed by atoms with Crippen LogP contribution < -0.4 is 4.74 Å². The minimum Gasteiger partial charge on any atom is -0.497 e. The van der Waals surface area contributed by atoms with Crippen molar-refractivity contribution in [3.05, 3.63) is 58.7 Å². The van der Waals surface area contributed by atoms with Gasteiger partial charge in [-0.05, 0) is 62.3 Å². The van der Waals surface area contributed by atoms with Gasteiger partial charge < -0.3 is 19.3 Å². The van der Waals surface area contributed by atoms with Gasteiger partial charge in [0.15, 0.2) is 0 Å². The van der Waals surface area contributed by atoms with E-state index < -0.39 is 11.0 Å². The molecule has 33 heavy (non-hydrogen) atoms. The Kier molecular flexibility index (Phi) is 10.5. The number of rotatable bonds is 12. The number of hydrogen-bond donors (Lipinski definition) is 0. The standard InChI is InChI=1S/C25H37N3O4S/c1-19-13-23(31-7)14-20(2)25(19)33(30)28(6)11-12-32-18-24(29)27(5)17-22-10-8-9-21(15-22)16-26(3)4/h8-10,13-15H,11-12,16-18H2,1-7H3. The zero-order valence-corrected chi connectivity index (χ0v) is 21.7. The number of amides is 1. The molecule has 0 spiro atoms. The van der Waals surface area contributed by atoms with Gasteiger partial charge in [0.25, 0.3) is 0 Å². The monoisotopic (exact) mass is 475 g/mol. The van der Waals surface area contributed by atoms with E-state index in [1.807, 2.05) is 52.2 Å². The van der Waals surface area contributed by atoms with E-state index in [1.54, 1.807) is 30.4 Å². The molecule has 0 fully saturated rings. The topological polar surface area (TPSA) is 62.3 Å². The molecule has 0 heterocycles. The van der Waals surface area contributed by atoms with E-state index in [0.29, 0.717) is 19.7 Å². The Balaban J connectivity index is 1.81. The summed E-state index contributed by atoms with van der Waals surface area (Å²) in [5.41, 5.74) is 4.15. The summed E-state index contributed by atoms with van der Waals surface area (Å²) in [7, 11) is 7.94. The van der Waals surface area contributed by atoms with E-state index in [1.165, 1.54) is 5.56 Å². The highest BCUT2D eigenvalue weighted by Crippen LogP contribution is 2.25. The Hall–Kier alpha value is -2.26. The molecule has 0 bridgehead atoms. The van der Waals surface area contributed by atoms with Gasteiger partial charge in [0.05, 0.1) is 18.6 Å². The van der Waals surface area contributed by atoms with Crippen LogP contribution in [0.15, 0.2) is 41.3 Å². The Morgan fingerprint density at radius 3 is 2.15 bits per heavy atom. The van der Waals surface area contributed by atoms with Crippen molar-refractivity contribution in [2.45, 2.75) is 31.8 Å². The summed E-state index contributed by atoms with van der Waals surface area (Å²) in [5, 5.41) is 0. The molecule has 1 atom stereocenters. The third-order valence-corrected chi connectivity index (χ3v) is 6.98. The first-order valence-electron chi connectivity index (χ1n) is 10.9. The second-order valence-electron chi connectivity index (χ2n) is 8.55. The molecule has 0 N–H and O–H groups in total. The smallest absolute Gasteiger partial charge is 0.248 e. The number of benzene rings is 2. The van der Waals surface area contributed by atoms with Gasteiger partial charge in [0.2, 0.25) is 5.91 Å². The quantitative estimate of drug-likeness (QED) is 0.442. The maximum Gasteiger partial charge on any atom is 0.248 e. The van der Waals surface area contributed by atoms with E-state index in [-0.39, 0.29) is 12.5 Å². The molecule has 0 aromatic heterocycles. The predicted molar refractivity (Wildman–Crippen MR) is 133 cm³/mol. The zero-order valence-electron chi connectivity index (χ0n) is 20.9. The molecule has 2 aromatic carbocycles. The Labute approximate surface area is 200 Å². The molecular formula is C25H37N3O4S. The van der Waals surface area contributed by atoms with Crippen molar-refractivity contribution in [1.29, 1.82) is 0 Å². The molecule has 2 aromatic rings. The lowest BCUT2D eigenvalue weighted by Crippen LogP contribution is -2.32. The fourth-order valence-corrected chi connectivity index (χ4v) is 4.78. The van der Waals surface area contributed by atoms with Crippen molar-refractivity contribution in [3.8, 4) is 5.75 Å². The fourth-order valence-electron chi connectivity index (χ4n) is 3.56. The third-order valence-electron chi connectivity index (χ3n) is 5.24. The lowest BCUT2D eigenvalue weighted by atomic mass is 10.1. The van der Waals surface area contributed by atoms with Crippen molar-refractivity contribution in [3.63, 3.8) is 0 Å². The lowest BCUT2D eigenvalue weighted by Gasteiger charge is -2.20. The molecule has 1 amide bonds. The van der Waals surface area contributed by atoms with Gasteiger partial charge in [0.1, 0.15) is 23.3 Å². The van der Waals surface area contributed by atoms with E-state index in [4.69, 9.17) is 9.47 Å². The fraction of sp³-hybridized carbons (Fsp3) is 0.480. The predicted octanol–water partition coefficient (Wildman–Crippen LogP) is 3.00. The highest BCUT2D eigenvalue weighted by Gasteiger charge is 2.17. The van der Waals surface area contributed by atoms with Crippen LogP contribution >= 0.6 is 0 Å². The maximum atomic E-state index is 13.0. The van der Waals surface area contributed by atoms with Crippen molar-refractivity contribution < 1.29 is 18.5 Å². The second-order valence-corrected chi connectivity index (χ2v) is 10.1. The van der Waals surface area contributed by atoms with Crippen LogP contribution in [0.3, 0.4) is 0 Å². The zero-order chi connectivity index (χ0) is 24.5. The van der Waals surface area contributed by atoms with Crippen molar-refractivity contribution in [2.75, 3.05) is 55.1 Å². The number of methoxy groups -OCH3 is 1. The lowest BCUT2D eigenvalue weighted by molar-refractivity contribution is -0.135. The van der Waals surface area contributed by atoms with Gasteiger partial charge in [-0.15, -0.1) is 0 Å². The third kappa shape index (κ3) is 8.23. The van der Waals surface area contributed by atoms with Gasteiger partial charge in [-0.3, -0.25) is 4.79 Å². The van der Waals surface area contributed by atoms with Gasteiger partial charge in [-0.25, -0.2) is 8.51 Å². The first kappa shape index (κ1) is 27.0. The number of hydrogen-bond acceptors (Lipinski definition) is 5. The summed E-state index contributed by atoms with van der Waals surface area (Å²) in [6.07, 6.45) is 0. The van der Waals surface area contributed by atoms with Crippen LogP contribution in [-0.2, 0) is 33.6 Å². The summed E-state index contributed by atoms with van der Waals surface area (Å²) >= 11 is 0. The molecule has 0 radical (unpaired) electrons. The summed E-state index contributed by atoms with van der Waals surface area (Å²) in [6.45, 7) is 6.00. The number of likely N-dealkylation sites (N-methyl/N-ethyl adjacent to an activating group) is 2. The molecule has 2 rings (SSSR count). The number of nitrogens with zero attached hydrogens (tertiary/aromatic N) is 3. The normalized spacial score (nSPS) is 12.3. The van der Waals surface area contributed by atoms with Crippen LogP contribution in [-0.4, -0.2) is 79.3 Å². The molecule has 0 saturated carbocycles. The average molecular weight is 476 g/mol. The van der Waals surface area contributed by atoms with E-state index in [9.17, 15) is 9.00 Å². The van der Waals surface area contributed by atoms with Crippen LogP contribution in [0.2, 0.25) is 0 Å². The molecule has 0 aliphatic rings. The largest absolute Gasteiger partial charge is 0.497 e. The van der Waals surface area contributed by atoms with E-state index >= 15 is 0 Å². The van der Waals surface area contributed by atoms with Crippen molar-refractivity contribution in [1.82, 2.24) is 14.1 Å². The molecule has 7 nitrogen and oxygen atoms in total. The molecule has 0 aliphatic carbocycles. The molecule has 0 aliphatic heterocycles. The Bertz CT molecular complexity index is 941. The average Bonchev–Trinajstić information content (AvgIpc) is 2.75. The van der Waals surface area contributed by atoms with Crippen LogP contribution in [0.4, 0.5) is 0 Å². The number of aryl methyl sites for hydroxylation is 2. The SMILES string of the molecule is COc1cc(C)c(S(=O)N(C)CCOCC(=O)N(C)Cc2cccc(CN(C)C)c2)c(C)c1. The van der Waals surface area contributed by atoms with Crippen LogP contribution in [0.25, 0.3) is 0 Å². The molecule has 0 saturated heterocycles.